The Morgan fingerprint density at radius 1 is 0.920 bits per heavy atom. The molecule has 3 nitrogen and oxygen atoms in total. The van der Waals surface area contributed by atoms with Crippen molar-refractivity contribution in [3.63, 3.8) is 0 Å². The number of hydrogen-bond donors (Lipinski definition) is 2. The molecule has 0 saturated heterocycles. The van der Waals surface area contributed by atoms with E-state index in [9.17, 15) is 4.79 Å². The van der Waals surface area contributed by atoms with Gasteiger partial charge in [-0.2, -0.15) is 0 Å². The van der Waals surface area contributed by atoms with E-state index in [0.717, 1.165) is 11.1 Å². The van der Waals surface area contributed by atoms with Crippen LogP contribution in [0.4, 0.5) is 11.4 Å². The fourth-order valence-corrected chi connectivity index (χ4v) is 3.05. The first-order valence-electron chi connectivity index (χ1n) is 8.08. The summed E-state index contributed by atoms with van der Waals surface area (Å²) in [7, 11) is 0. The predicted octanol–water partition coefficient (Wildman–Crippen LogP) is 5.08. The zero-order chi connectivity index (χ0) is 17.6. The predicted molar refractivity (Wildman–Crippen MR) is 104 cm³/mol. The number of nitrogens with two attached hydrogens (primary N) is 1. The third kappa shape index (κ3) is 4.40. The number of nitrogen functional groups attached to an aromatic ring is 1. The molecule has 0 aliphatic carbocycles. The number of halogens is 1. The van der Waals surface area contributed by atoms with Crippen molar-refractivity contribution in [1.29, 1.82) is 0 Å². The van der Waals surface area contributed by atoms with Crippen molar-refractivity contribution in [1.82, 2.24) is 0 Å². The first kappa shape index (κ1) is 17.1. The van der Waals surface area contributed by atoms with E-state index in [1.54, 1.807) is 18.2 Å². The summed E-state index contributed by atoms with van der Waals surface area (Å²) in [5.41, 5.74) is 9.04. The summed E-state index contributed by atoms with van der Waals surface area (Å²) in [5, 5.41) is 3.32. The molecule has 0 aromatic heterocycles. The number of amides is 1. The maximum absolute atomic E-state index is 12.6. The molecule has 126 valence electrons. The minimum Gasteiger partial charge on any atom is -0.399 e. The molecule has 3 aromatic carbocycles. The Kier molecular flexibility index (Phi) is 5.36. The molecule has 0 aliphatic heterocycles. The summed E-state index contributed by atoms with van der Waals surface area (Å²) in [6.45, 7) is 0. The molecule has 3 rings (SSSR count). The molecule has 1 amide bonds. The van der Waals surface area contributed by atoms with E-state index < -0.39 is 0 Å². The van der Waals surface area contributed by atoms with E-state index in [1.165, 1.54) is 0 Å². The second-order valence-electron chi connectivity index (χ2n) is 5.87. The number of rotatable bonds is 5. The van der Waals surface area contributed by atoms with E-state index in [0.29, 0.717) is 22.8 Å². The lowest BCUT2D eigenvalue weighted by Crippen LogP contribution is -2.16. The van der Waals surface area contributed by atoms with E-state index >= 15 is 0 Å². The molecular weight excluding hydrogens is 332 g/mol. The Morgan fingerprint density at radius 3 is 2.00 bits per heavy atom. The molecule has 4 heteroatoms. The second-order valence-corrected chi connectivity index (χ2v) is 6.27. The van der Waals surface area contributed by atoms with Crippen LogP contribution in [-0.4, -0.2) is 5.91 Å². The van der Waals surface area contributed by atoms with Gasteiger partial charge in [-0.15, -0.1) is 0 Å². The van der Waals surface area contributed by atoms with Gasteiger partial charge in [0.1, 0.15) is 0 Å². The molecule has 0 aliphatic rings. The van der Waals surface area contributed by atoms with E-state index in [-0.39, 0.29) is 11.8 Å². The van der Waals surface area contributed by atoms with Crippen LogP contribution in [0, 0.1) is 0 Å². The van der Waals surface area contributed by atoms with Gasteiger partial charge in [-0.1, -0.05) is 72.3 Å². The van der Waals surface area contributed by atoms with Crippen LogP contribution in [0.2, 0.25) is 5.02 Å². The van der Waals surface area contributed by atoms with Crippen molar-refractivity contribution in [3.05, 3.63) is 95.0 Å². The molecule has 25 heavy (non-hydrogen) atoms. The summed E-state index contributed by atoms with van der Waals surface area (Å²) in [5.74, 6) is -0.112. The van der Waals surface area contributed by atoms with Crippen molar-refractivity contribution in [2.75, 3.05) is 11.1 Å². The summed E-state index contributed by atoms with van der Waals surface area (Å²) < 4.78 is 0. The zero-order valence-corrected chi connectivity index (χ0v) is 14.4. The molecule has 0 fully saturated rings. The van der Waals surface area contributed by atoms with Gasteiger partial charge in [0.15, 0.2) is 0 Å². The quantitative estimate of drug-likeness (QED) is 0.630. The van der Waals surface area contributed by atoms with Crippen LogP contribution in [0.3, 0.4) is 0 Å². The van der Waals surface area contributed by atoms with Crippen molar-refractivity contribution in [3.8, 4) is 0 Å². The van der Waals surface area contributed by atoms with Crippen LogP contribution in [-0.2, 0) is 4.79 Å². The van der Waals surface area contributed by atoms with E-state index in [4.69, 9.17) is 17.3 Å². The van der Waals surface area contributed by atoms with Crippen LogP contribution in [0.5, 0.6) is 0 Å². The van der Waals surface area contributed by atoms with Crippen molar-refractivity contribution in [2.45, 2.75) is 12.3 Å². The normalized spacial score (nSPS) is 10.6. The molecule has 0 unspecified atom stereocenters. The molecule has 3 N–H and O–H groups in total. The Hall–Kier alpha value is -2.78. The number of anilines is 2. The minimum absolute atomic E-state index is 0.0186. The van der Waals surface area contributed by atoms with E-state index in [2.05, 4.69) is 5.32 Å². The summed E-state index contributed by atoms with van der Waals surface area (Å²) >= 11 is 6.15. The molecule has 0 bridgehead atoms. The number of carbonyl (C=O) groups is 1. The maximum atomic E-state index is 12.6. The number of nitrogens with one attached hydrogen (secondary N) is 1. The number of carbonyl (C=O) groups excluding carboxylic acids is 1. The van der Waals surface area contributed by atoms with Crippen molar-refractivity contribution in [2.24, 2.45) is 0 Å². The van der Waals surface area contributed by atoms with Crippen molar-refractivity contribution >= 4 is 28.9 Å². The van der Waals surface area contributed by atoms with Gasteiger partial charge in [-0.3, -0.25) is 4.79 Å². The van der Waals surface area contributed by atoms with Crippen LogP contribution in [0.15, 0.2) is 78.9 Å². The standard InChI is InChI=1S/C21H19ClN2O/c22-19-13-17(23)11-12-20(19)24-21(25)14-18(15-7-3-1-4-8-15)16-9-5-2-6-10-16/h1-13,18H,14,23H2,(H,24,25). The van der Waals surface area contributed by atoms with Gasteiger partial charge in [0, 0.05) is 18.0 Å². The third-order valence-electron chi connectivity index (χ3n) is 4.06. The first-order chi connectivity index (χ1) is 12.1. The van der Waals surface area contributed by atoms with Crippen LogP contribution in [0.1, 0.15) is 23.5 Å². The lowest BCUT2D eigenvalue weighted by molar-refractivity contribution is -0.116. The number of hydrogen-bond acceptors (Lipinski definition) is 2. The molecule has 0 heterocycles. The summed E-state index contributed by atoms with van der Waals surface area (Å²) in [6, 6.07) is 25.1. The highest BCUT2D eigenvalue weighted by molar-refractivity contribution is 6.34. The average Bonchev–Trinajstić information content (AvgIpc) is 2.63. The Balaban J connectivity index is 1.82. The Bertz CT molecular complexity index is 811. The van der Waals surface area contributed by atoms with Crippen LogP contribution < -0.4 is 11.1 Å². The highest BCUT2D eigenvalue weighted by Crippen LogP contribution is 2.29. The fourth-order valence-electron chi connectivity index (χ4n) is 2.82. The monoisotopic (exact) mass is 350 g/mol. The fraction of sp³-hybridized carbons (Fsp3) is 0.0952. The second kappa shape index (κ2) is 7.86. The Labute approximate surface area is 152 Å². The smallest absolute Gasteiger partial charge is 0.225 e. The largest absolute Gasteiger partial charge is 0.399 e. The molecular formula is C21H19ClN2O. The highest BCUT2D eigenvalue weighted by Gasteiger charge is 2.18. The van der Waals surface area contributed by atoms with Gasteiger partial charge in [-0.05, 0) is 29.3 Å². The SMILES string of the molecule is Nc1ccc(NC(=O)CC(c2ccccc2)c2ccccc2)c(Cl)c1. The molecule has 0 radical (unpaired) electrons. The maximum Gasteiger partial charge on any atom is 0.225 e. The molecule has 0 saturated carbocycles. The highest BCUT2D eigenvalue weighted by atomic mass is 35.5. The summed E-state index contributed by atoms with van der Waals surface area (Å²) in [4.78, 5) is 12.6. The lowest BCUT2D eigenvalue weighted by atomic mass is 9.88. The van der Waals surface area contributed by atoms with Gasteiger partial charge in [-0.25, -0.2) is 0 Å². The third-order valence-corrected chi connectivity index (χ3v) is 4.37. The van der Waals surface area contributed by atoms with E-state index in [1.807, 2.05) is 60.7 Å². The van der Waals surface area contributed by atoms with Crippen molar-refractivity contribution < 1.29 is 4.79 Å². The average molecular weight is 351 g/mol. The summed E-state index contributed by atoms with van der Waals surface area (Å²) in [6.07, 6.45) is 0.328. The Morgan fingerprint density at radius 2 is 1.48 bits per heavy atom. The molecule has 0 atom stereocenters. The topological polar surface area (TPSA) is 55.1 Å². The van der Waals surface area contributed by atoms with Gasteiger partial charge in [0.25, 0.3) is 0 Å². The molecule has 0 spiro atoms. The lowest BCUT2D eigenvalue weighted by Gasteiger charge is -2.18. The van der Waals surface area contributed by atoms with Gasteiger partial charge < -0.3 is 11.1 Å². The van der Waals surface area contributed by atoms with Gasteiger partial charge in [0.2, 0.25) is 5.91 Å². The van der Waals surface area contributed by atoms with Gasteiger partial charge >= 0.3 is 0 Å². The van der Waals surface area contributed by atoms with Gasteiger partial charge in [0.05, 0.1) is 10.7 Å². The number of benzene rings is 3. The zero-order valence-electron chi connectivity index (χ0n) is 13.7. The first-order valence-corrected chi connectivity index (χ1v) is 8.46. The van der Waals surface area contributed by atoms with Crippen LogP contribution in [0.25, 0.3) is 0 Å². The minimum atomic E-state index is -0.0932. The van der Waals surface area contributed by atoms with Crippen LogP contribution >= 0.6 is 11.6 Å². The molecule has 3 aromatic rings.